The number of pyridine rings is 1. The molecule has 0 aliphatic carbocycles. The van der Waals surface area contributed by atoms with Gasteiger partial charge in [-0.25, -0.2) is 0 Å². The molecule has 5 aromatic rings. The topological polar surface area (TPSA) is 76.9 Å². The minimum atomic E-state index is -4.68. The van der Waals surface area contributed by atoms with Gasteiger partial charge in [-0.2, -0.15) is 18.3 Å². The second-order valence-corrected chi connectivity index (χ2v) is 8.02. The van der Waals surface area contributed by atoms with Gasteiger partial charge < -0.3 is 5.32 Å². The average Bonchev–Trinajstić information content (AvgIpc) is 3.22. The van der Waals surface area contributed by atoms with Crippen LogP contribution in [0.2, 0.25) is 0 Å². The van der Waals surface area contributed by atoms with Crippen LogP contribution in [0.4, 0.5) is 18.9 Å². The molecule has 6 nitrogen and oxygen atoms in total. The Bertz CT molecular complexity index is 1680. The molecule has 0 aliphatic heterocycles. The van der Waals surface area contributed by atoms with Crippen molar-refractivity contribution in [3.63, 3.8) is 0 Å². The van der Waals surface area contributed by atoms with Crippen LogP contribution in [0.15, 0.2) is 84.0 Å². The van der Waals surface area contributed by atoms with Gasteiger partial charge in [-0.3, -0.25) is 19.3 Å². The lowest BCUT2D eigenvalue weighted by atomic mass is 10.1. The van der Waals surface area contributed by atoms with E-state index in [1.165, 1.54) is 24.3 Å². The molecule has 2 heterocycles. The summed E-state index contributed by atoms with van der Waals surface area (Å²) >= 11 is 0. The van der Waals surface area contributed by atoms with Crippen LogP contribution in [0.3, 0.4) is 0 Å². The largest absolute Gasteiger partial charge is 0.417 e. The number of rotatable bonds is 3. The van der Waals surface area contributed by atoms with Crippen LogP contribution in [0.5, 0.6) is 0 Å². The second-order valence-electron chi connectivity index (χ2n) is 8.02. The van der Waals surface area contributed by atoms with Crippen LogP contribution in [0.25, 0.3) is 32.8 Å². The molecule has 0 saturated heterocycles. The summed E-state index contributed by atoms with van der Waals surface area (Å²) in [5.41, 5.74) is 0.357. The lowest BCUT2D eigenvalue weighted by Gasteiger charge is -2.12. The first-order valence-electron chi connectivity index (χ1n) is 10.5. The summed E-state index contributed by atoms with van der Waals surface area (Å²) in [7, 11) is 1.79. The Kier molecular flexibility index (Phi) is 5.32. The quantitative estimate of drug-likeness (QED) is 0.379. The Morgan fingerprint density at radius 2 is 1.71 bits per heavy atom. The normalized spacial score (nSPS) is 11.7. The molecule has 0 unspecified atom stereocenters. The summed E-state index contributed by atoms with van der Waals surface area (Å²) in [5.74, 6) is -0.921. The maximum absolute atomic E-state index is 13.4. The molecular weight excluding hydrogens is 457 g/mol. The Morgan fingerprint density at radius 1 is 0.943 bits per heavy atom. The van der Waals surface area contributed by atoms with Gasteiger partial charge in [0.2, 0.25) is 0 Å². The monoisotopic (exact) mass is 474 g/mol. The van der Waals surface area contributed by atoms with E-state index < -0.39 is 23.2 Å². The van der Waals surface area contributed by atoms with Crippen LogP contribution >= 0.6 is 0 Å². The van der Waals surface area contributed by atoms with Crippen LogP contribution in [0, 0.1) is 0 Å². The Balaban J connectivity index is 1.59. The molecule has 3 aromatic carbocycles. The van der Waals surface area contributed by atoms with Gasteiger partial charge in [0.25, 0.3) is 5.91 Å². The first-order chi connectivity index (χ1) is 16.7. The highest BCUT2D eigenvalue weighted by molar-refractivity contribution is 6.06. The molecule has 0 radical (unpaired) electrons. The number of anilines is 1. The van der Waals surface area contributed by atoms with Gasteiger partial charge in [0.1, 0.15) is 0 Å². The van der Waals surface area contributed by atoms with Gasteiger partial charge in [0, 0.05) is 47.0 Å². The zero-order valence-electron chi connectivity index (χ0n) is 18.3. The second kappa shape index (κ2) is 8.35. The van der Waals surface area contributed by atoms with E-state index in [-0.39, 0.29) is 11.1 Å². The van der Waals surface area contributed by atoms with E-state index in [0.29, 0.717) is 21.7 Å². The van der Waals surface area contributed by atoms with Crippen LogP contribution in [-0.2, 0) is 13.2 Å². The highest BCUT2D eigenvalue weighted by atomic mass is 19.4. The molecule has 0 atom stereocenters. The zero-order chi connectivity index (χ0) is 24.7. The number of amides is 1. The average molecular weight is 474 g/mol. The summed E-state index contributed by atoms with van der Waals surface area (Å²) in [6.45, 7) is 0. The zero-order valence-corrected chi connectivity index (χ0v) is 18.3. The van der Waals surface area contributed by atoms with Crippen molar-refractivity contribution in [1.29, 1.82) is 0 Å². The van der Waals surface area contributed by atoms with Crippen molar-refractivity contribution < 1.29 is 18.0 Å². The van der Waals surface area contributed by atoms with E-state index in [0.717, 1.165) is 23.3 Å². The third-order valence-corrected chi connectivity index (χ3v) is 5.65. The standard InChI is InChI=1S/C26H17F3N4O2/c1-33-14-17(13-31-33)16-10-21-23(30-12-16)9-7-15-6-8-18(11-20(15)24(21)34)32-25(35)19-4-2-3-5-22(19)26(27,28)29/h2-14H,1H3,(H,32,35). The summed E-state index contributed by atoms with van der Waals surface area (Å²) in [6.07, 6.45) is 0.458. The van der Waals surface area contributed by atoms with Gasteiger partial charge in [0.15, 0.2) is 5.43 Å². The van der Waals surface area contributed by atoms with Crippen LogP contribution < -0.4 is 10.7 Å². The van der Waals surface area contributed by atoms with Crippen molar-refractivity contribution in [2.75, 3.05) is 5.32 Å². The van der Waals surface area contributed by atoms with Gasteiger partial charge in [-0.05, 0) is 41.8 Å². The van der Waals surface area contributed by atoms with E-state index in [2.05, 4.69) is 15.4 Å². The number of benzene rings is 2. The third-order valence-electron chi connectivity index (χ3n) is 5.65. The number of carbonyl (C=O) groups excluding carboxylic acids is 1. The SMILES string of the molecule is Cn1cc(-c2cnc3ccc4ccc(NC(=O)c5ccccc5C(F)(F)F)cc4c(=O)c3c2)cn1. The number of aromatic nitrogens is 3. The fourth-order valence-electron chi connectivity index (χ4n) is 3.93. The molecule has 1 N–H and O–H groups in total. The molecule has 2 aromatic heterocycles. The maximum atomic E-state index is 13.4. The van der Waals surface area contributed by atoms with Crippen molar-refractivity contribution in [2.45, 2.75) is 6.18 Å². The van der Waals surface area contributed by atoms with E-state index in [9.17, 15) is 22.8 Å². The van der Waals surface area contributed by atoms with Gasteiger partial charge in [-0.15, -0.1) is 0 Å². The minimum Gasteiger partial charge on any atom is -0.322 e. The number of alkyl halides is 3. The predicted molar refractivity (Wildman–Crippen MR) is 127 cm³/mol. The van der Waals surface area contributed by atoms with Crippen molar-refractivity contribution in [3.05, 3.63) is 101 Å². The number of nitrogens with zero attached hydrogens (tertiary/aromatic N) is 3. The summed E-state index contributed by atoms with van der Waals surface area (Å²) < 4.78 is 41.6. The predicted octanol–water partition coefficient (Wildman–Crippen LogP) is 5.42. The molecule has 0 aliphatic rings. The molecule has 5 rings (SSSR count). The summed E-state index contributed by atoms with van der Waals surface area (Å²) in [4.78, 5) is 30.5. The first kappa shape index (κ1) is 22.3. The highest BCUT2D eigenvalue weighted by Gasteiger charge is 2.34. The Labute approximate surface area is 196 Å². The number of carbonyl (C=O) groups is 1. The smallest absolute Gasteiger partial charge is 0.322 e. The van der Waals surface area contributed by atoms with Crippen LogP contribution in [0.1, 0.15) is 15.9 Å². The van der Waals surface area contributed by atoms with E-state index in [1.54, 1.807) is 54.6 Å². The molecule has 0 bridgehead atoms. The molecule has 9 heteroatoms. The van der Waals surface area contributed by atoms with E-state index >= 15 is 0 Å². The van der Waals surface area contributed by atoms with E-state index in [4.69, 9.17) is 0 Å². The lowest BCUT2D eigenvalue weighted by molar-refractivity contribution is -0.137. The molecule has 1 amide bonds. The molecule has 0 saturated carbocycles. The van der Waals surface area contributed by atoms with Gasteiger partial charge in [0.05, 0.1) is 22.8 Å². The number of hydrogen-bond acceptors (Lipinski definition) is 4. The number of fused-ring (bicyclic) bond motifs is 2. The number of halogens is 3. The fraction of sp³-hybridized carbons (Fsp3) is 0.0769. The molecule has 35 heavy (non-hydrogen) atoms. The van der Waals surface area contributed by atoms with Crippen molar-refractivity contribution in [3.8, 4) is 11.1 Å². The molecule has 0 fully saturated rings. The minimum absolute atomic E-state index is 0.201. The van der Waals surface area contributed by atoms with Crippen molar-refractivity contribution in [2.24, 2.45) is 7.05 Å². The number of nitrogens with one attached hydrogen (secondary N) is 1. The van der Waals surface area contributed by atoms with Crippen molar-refractivity contribution in [1.82, 2.24) is 14.8 Å². The molecule has 174 valence electrons. The van der Waals surface area contributed by atoms with Gasteiger partial charge in [-0.1, -0.05) is 24.3 Å². The van der Waals surface area contributed by atoms with Gasteiger partial charge >= 0.3 is 6.18 Å². The van der Waals surface area contributed by atoms with Crippen LogP contribution in [-0.4, -0.2) is 20.7 Å². The van der Waals surface area contributed by atoms with E-state index in [1.807, 2.05) is 0 Å². The molecule has 0 spiro atoms. The Hall–Kier alpha value is -4.53. The summed E-state index contributed by atoms with van der Waals surface area (Å²) in [5, 5.41) is 7.89. The Morgan fingerprint density at radius 3 is 2.46 bits per heavy atom. The number of aryl methyl sites for hydroxylation is 1. The third kappa shape index (κ3) is 4.23. The fourth-order valence-corrected chi connectivity index (χ4v) is 3.93. The maximum Gasteiger partial charge on any atom is 0.417 e. The number of hydrogen-bond donors (Lipinski definition) is 1. The first-order valence-corrected chi connectivity index (χ1v) is 10.5. The lowest BCUT2D eigenvalue weighted by Crippen LogP contribution is -2.18. The highest BCUT2D eigenvalue weighted by Crippen LogP contribution is 2.32. The molecular formula is C26H17F3N4O2. The van der Waals surface area contributed by atoms with Crippen molar-refractivity contribution >= 4 is 33.3 Å². The summed E-state index contributed by atoms with van der Waals surface area (Å²) in [6, 6.07) is 14.4.